The van der Waals surface area contributed by atoms with Gasteiger partial charge in [0.2, 0.25) is 11.8 Å². The van der Waals surface area contributed by atoms with E-state index in [9.17, 15) is 14.0 Å². The van der Waals surface area contributed by atoms with Gasteiger partial charge in [-0.05, 0) is 55.5 Å². The topological polar surface area (TPSA) is 59.1 Å². The van der Waals surface area contributed by atoms with Crippen LogP contribution in [0.25, 0.3) is 0 Å². The van der Waals surface area contributed by atoms with Crippen LogP contribution in [0.2, 0.25) is 0 Å². The lowest BCUT2D eigenvalue weighted by atomic mass is 9.74. The molecule has 198 valence electrons. The molecule has 1 aliphatic carbocycles. The second-order valence-corrected chi connectivity index (χ2v) is 10.9. The standard InChI is InChI=1S/C30H37FN2O4/c31-25-9-6-8-24(20-25)30(13-4-5-14-30)28(35)33-15-7-12-29(22-33,23-37-26-10-2-1-3-11-26)21-27(34)32-16-18-36-19-17-32/h1-3,6,8-11,20H,4-5,7,12-19,21-23H2/t29-/m0/s1. The molecule has 1 atom stereocenters. The molecule has 2 aliphatic heterocycles. The Labute approximate surface area is 218 Å². The van der Waals surface area contributed by atoms with E-state index in [1.807, 2.05) is 46.2 Å². The van der Waals surface area contributed by atoms with E-state index in [0.29, 0.717) is 52.4 Å². The van der Waals surface area contributed by atoms with Crippen LogP contribution in [0.1, 0.15) is 50.5 Å². The fourth-order valence-electron chi connectivity index (χ4n) is 6.39. The average molecular weight is 509 g/mol. The Hall–Kier alpha value is -2.93. The highest BCUT2D eigenvalue weighted by molar-refractivity contribution is 5.89. The molecule has 2 saturated heterocycles. The minimum Gasteiger partial charge on any atom is -0.493 e. The summed E-state index contributed by atoms with van der Waals surface area (Å²) >= 11 is 0. The van der Waals surface area contributed by atoms with E-state index >= 15 is 0 Å². The monoisotopic (exact) mass is 508 g/mol. The molecule has 2 amide bonds. The number of para-hydroxylation sites is 1. The molecular formula is C30H37FN2O4. The summed E-state index contributed by atoms with van der Waals surface area (Å²) in [5.74, 6) is 0.612. The number of morpholine rings is 1. The van der Waals surface area contributed by atoms with Gasteiger partial charge in [-0.2, -0.15) is 0 Å². The number of benzene rings is 2. The lowest BCUT2D eigenvalue weighted by Crippen LogP contribution is -2.55. The largest absolute Gasteiger partial charge is 0.493 e. The van der Waals surface area contributed by atoms with Crippen LogP contribution in [-0.4, -0.2) is 67.6 Å². The Balaban J connectivity index is 1.39. The first-order chi connectivity index (χ1) is 18.0. The fraction of sp³-hybridized carbons (Fsp3) is 0.533. The van der Waals surface area contributed by atoms with Crippen LogP contribution in [0.3, 0.4) is 0 Å². The van der Waals surface area contributed by atoms with Crippen LogP contribution >= 0.6 is 0 Å². The van der Waals surface area contributed by atoms with Crippen molar-refractivity contribution in [2.75, 3.05) is 46.0 Å². The Morgan fingerprint density at radius 1 is 0.892 bits per heavy atom. The highest BCUT2D eigenvalue weighted by Crippen LogP contribution is 2.45. The van der Waals surface area contributed by atoms with Gasteiger partial charge in [0, 0.05) is 38.0 Å². The SMILES string of the molecule is O=C(C[C@@]1(COc2ccccc2)CCCN(C(=O)C2(c3cccc(F)c3)CCCC2)C1)N1CCOCC1. The summed E-state index contributed by atoms with van der Waals surface area (Å²) < 4.78 is 25.9. The van der Waals surface area contributed by atoms with Gasteiger partial charge in [0.05, 0.1) is 25.2 Å². The van der Waals surface area contributed by atoms with Crippen molar-refractivity contribution in [3.05, 3.63) is 66.0 Å². The number of ether oxygens (including phenoxy) is 2. The van der Waals surface area contributed by atoms with E-state index in [2.05, 4.69) is 0 Å². The van der Waals surface area contributed by atoms with Crippen molar-refractivity contribution in [1.82, 2.24) is 9.80 Å². The number of likely N-dealkylation sites (tertiary alicyclic amines) is 1. The minimum absolute atomic E-state index is 0.0678. The number of rotatable bonds is 7. The van der Waals surface area contributed by atoms with Crippen molar-refractivity contribution in [2.24, 2.45) is 5.41 Å². The lowest BCUT2D eigenvalue weighted by molar-refractivity contribution is -0.146. The predicted molar refractivity (Wildman–Crippen MR) is 139 cm³/mol. The zero-order valence-electron chi connectivity index (χ0n) is 21.5. The third-order valence-corrected chi connectivity index (χ3v) is 8.37. The number of nitrogens with zero attached hydrogens (tertiary/aromatic N) is 2. The summed E-state index contributed by atoms with van der Waals surface area (Å²) in [7, 11) is 0. The van der Waals surface area contributed by atoms with Gasteiger partial charge in [-0.3, -0.25) is 9.59 Å². The molecule has 2 aromatic rings. The Kier molecular flexibility index (Phi) is 7.79. The van der Waals surface area contributed by atoms with E-state index in [1.54, 1.807) is 6.07 Å². The summed E-state index contributed by atoms with van der Waals surface area (Å²) in [5, 5.41) is 0. The number of amides is 2. The van der Waals surface area contributed by atoms with Crippen LogP contribution in [0.4, 0.5) is 4.39 Å². The summed E-state index contributed by atoms with van der Waals surface area (Å²) in [6, 6.07) is 16.2. The first kappa shape index (κ1) is 25.7. The Morgan fingerprint density at radius 2 is 1.65 bits per heavy atom. The van der Waals surface area contributed by atoms with Crippen molar-refractivity contribution in [2.45, 2.75) is 50.4 Å². The molecule has 6 nitrogen and oxygen atoms in total. The smallest absolute Gasteiger partial charge is 0.233 e. The molecule has 0 N–H and O–H groups in total. The predicted octanol–water partition coefficient (Wildman–Crippen LogP) is 4.57. The Morgan fingerprint density at radius 3 is 2.38 bits per heavy atom. The number of hydrogen-bond donors (Lipinski definition) is 0. The number of hydrogen-bond acceptors (Lipinski definition) is 4. The zero-order chi connectivity index (χ0) is 25.7. The number of carbonyl (C=O) groups is 2. The molecule has 0 spiro atoms. The molecule has 1 saturated carbocycles. The quantitative estimate of drug-likeness (QED) is 0.550. The molecule has 0 aromatic heterocycles. The molecule has 2 heterocycles. The highest BCUT2D eigenvalue weighted by Gasteiger charge is 2.48. The van der Waals surface area contributed by atoms with Crippen molar-refractivity contribution in [3.63, 3.8) is 0 Å². The minimum atomic E-state index is -0.695. The second kappa shape index (κ2) is 11.2. The summed E-state index contributed by atoms with van der Waals surface area (Å²) in [4.78, 5) is 31.5. The van der Waals surface area contributed by atoms with Crippen molar-refractivity contribution in [1.29, 1.82) is 0 Å². The second-order valence-electron chi connectivity index (χ2n) is 10.9. The molecule has 0 bridgehead atoms. The molecular weight excluding hydrogens is 471 g/mol. The maximum atomic E-state index is 14.2. The van der Waals surface area contributed by atoms with E-state index in [-0.39, 0.29) is 17.6 Å². The van der Waals surface area contributed by atoms with Crippen molar-refractivity contribution in [3.8, 4) is 5.75 Å². The average Bonchev–Trinajstić information content (AvgIpc) is 3.44. The molecule has 0 radical (unpaired) electrons. The molecule has 7 heteroatoms. The van der Waals surface area contributed by atoms with Crippen molar-refractivity contribution < 1.29 is 23.5 Å². The number of piperidine rings is 1. The van der Waals surface area contributed by atoms with Gasteiger partial charge in [-0.25, -0.2) is 4.39 Å². The number of halogens is 1. The summed E-state index contributed by atoms with van der Waals surface area (Å²) in [5.41, 5.74) is -0.406. The van der Waals surface area contributed by atoms with Crippen LogP contribution in [0.5, 0.6) is 5.75 Å². The van der Waals surface area contributed by atoms with Crippen LogP contribution < -0.4 is 4.74 Å². The van der Waals surface area contributed by atoms with Crippen LogP contribution in [0, 0.1) is 11.2 Å². The molecule has 2 aromatic carbocycles. The van der Waals surface area contributed by atoms with Crippen LogP contribution in [-0.2, 0) is 19.7 Å². The van der Waals surface area contributed by atoms with Crippen LogP contribution in [0.15, 0.2) is 54.6 Å². The van der Waals surface area contributed by atoms with E-state index in [0.717, 1.165) is 49.8 Å². The third kappa shape index (κ3) is 5.66. The first-order valence-electron chi connectivity index (χ1n) is 13.6. The van der Waals surface area contributed by atoms with Gasteiger partial charge >= 0.3 is 0 Å². The molecule has 3 fully saturated rings. The van der Waals surface area contributed by atoms with E-state index < -0.39 is 10.8 Å². The molecule has 0 unspecified atom stereocenters. The first-order valence-corrected chi connectivity index (χ1v) is 13.6. The lowest BCUT2D eigenvalue weighted by Gasteiger charge is -2.46. The highest BCUT2D eigenvalue weighted by atomic mass is 19.1. The summed E-state index contributed by atoms with van der Waals surface area (Å²) in [6.45, 7) is 3.78. The molecule has 37 heavy (non-hydrogen) atoms. The molecule has 3 aliphatic rings. The maximum Gasteiger partial charge on any atom is 0.233 e. The zero-order valence-corrected chi connectivity index (χ0v) is 21.5. The maximum absolute atomic E-state index is 14.2. The van der Waals surface area contributed by atoms with E-state index in [4.69, 9.17) is 9.47 Å². The van der Waals surface area contributed by atoms with Gasteiger partial charge in [0.1, 0.15) is 11.6 Å². The van der Waals surface area contributed by atoms with Crippen molar-refractivity contribution >= 4 is 11.8 Å². The molecule has 5 rings (SSSR count). The van der Waals surface area contributed by atoms with Gasteiger partial charge in [-0.1, -0.05) is 43.2 Å². The van der Waals surface area contributed by atoms with Gasteiger partial charge in [0.25, 0.3) is 0 Å². The fourth-order valence-corrected chi connectivity index (χ4v) is 6.39. The van der Waals surface area contributed by atoms with E-state index in [1.165, 1.54) is 12.1 Å². The normalized spacial score (nSPS) is 23.6. The van der Waals surface area contributed by atoms with Gasteiger partial charge in [-0.15, -0.1) is 0 Å². The van der Waals surface area contributed by atoms with Gasteiger partial charge < -0.3 is 19.3 Å². The Bertz CT molecular complexity index is 1080. The third-order valence-electron chi connectivity index (χ3n) is 8.37. The van der Waals surface area contributed by atoms with Gasteiger partial charge in [0.15, 0.2) is 0 Å². The summed E-state index contributed by atoms with van der Waals surface area (Å²) in [6.07, 6.45) is 5.31. The number of carbonyl (C=O) groups excluding carboxylic acids is 2.